The monoisotopic (exact) mass is 512 g/mol. The summed E-state index contributed by atoms with van der Waals surface area (Å²) in [6.07, 6.45) is 7.20. The molecule has 0 bridgehead atoms. The number of benzene rings is 1. The van der Waals surface area contributed by atoms with Gasteiger partial charge < -0.3 is 15.8 Å². The number of nitrogens with two attached hydrogens (primary N) is 1. The summed E-state index contributed by atoms with van der Waals surface area (Å²) in [5.74, 6) is 0.952. The number of sulfonamides is 1. The molecule has 0 atom stereocenters. The van der Waals surface area contributed by atoms with Gasteiger partial charge in [0.25, 0.3) is 5.56 Å². The van der Waals surface area contributed by atoms with Crippen molar-refractivity contribution in [2.24, 2.45) is 5.73 Å². The SMILES string of the molecule is NCCOc1cccc(S(=O)(=O)N2CCC(Nc3ncc4ccc(=O)n(C5CCCC5)c4n3)CC2)c1. The van der Waals surface area contributed by atoms with Crippen LogP contribution in [0.5, 0.6) is 5.75 Å². The lowest BCUT2D eigenvalue weighted by atomic mass is 10.1. The van der Waals surface area contributed by atoms with Gasteiger partial charge >= 0.3 is 0 Å². The van der Waals surface area contributed by atoms with Crippen LogP contribution in [0.3, 0.4) is 0 Å². The highest BCUT2D eigenvalue weighted by molar-refractivity contribution is 7.89. The molecule has 0 radical (unpaired) electrons. The molecule has 3 aromatic rings. The smallest absolute Gasteiger partial charge is 0.252 e. The molecule has 10 nitrogen and oxygen atoms in total. The second-order valence-corrected chi connectivity index (χ2v) is 11.3. The molecule has 11 heteroatoms. The first-order valence-electron chi connectivity index (χ1n) is 12.5. The molecular weight excluding hydrogens is 480 g/mol. The van der Waals surface area contributed by atoms with E-state index in [4.69, 9.17) is 15.5 Å². The van der Waals surface area contributed by atoms with Crippen LogP contribution in [-0.4, -0.2) is 59.5 Å². The topological polar surface area (TPSA) is 132 Å². The molecule has 0 spiro atoms. The van der Waals surface area contributed by atoms with Crippen LogP contribution in [0.15, 0.2) is 52.3 Å². The quantitative estimate of drug-likeness (QED) is 0.471. The van der Waals surface area contributed by atoms with E-state index in [-0.39, 0.29) is 22.5 Å². The summed E-state index contributed by atoms with van der Waals surface area (Å²) in [5, 5.41) is 4.20. The maximum atomic E-state index is 13.2. The van der Waals surface area contributed by atoms with Crippen molar-refractivity contribution in [2.45, 2.75) is 55.5 Å². The Balaban J connectivity index is 1.27. The van der Waals surface area contributed by atoms with Gasteiger partial charge in [-0.2, -0.15) is 9.29 Å². The Morgan fingerprint density at radius 1 is 1.08 bits per heavy atom. The van der Waals surface area contributed by atoms with Crippen LogP contribution in [0.2, 0.25) is 0 Å². The van der Waals surface area contributed by atoms with Crippen molar-refractivity contribution < 1.29 is 13.2 Å². The number of anilines is 1. The maximum Gasteiger partial charge on any atom is 0.252 e. The van der Waals surface area contributed by atoms with Crippen molar-refractivity contribution >= 4 is 27.0 Å². The molecule has 2 aromatic heterocycles. The minimum absolute atomic E-state index is 0.0310. The van der Waals surface area contributed by atoms with Crippen LogP contribution in [-0.2, 0) is 10.0 Å². The molecule has 0 amide bonds. The van der Waals surface area contributed by atoms with Crippen LogP contribution in [0.4, 0.5) is 5.95 Å². The van der Waals surface area contributed by atoms with Gasteiger partial charge in [-0.15, -0.1) is 0 Å². The van der Waals surface area contributed by atoms with E-state index in [1.165, 1.54) is 4.31 Å². The number of hydrogen-bond acceptors (Lipinski definition) is 8. The number of fused-ring (bicyclic) bond motifs is 1. The summed E-state index contributed by atoms with van der Waals surface area (Å²) >= 11 is 0. The Labute approximate surface area is 210 Å². The molecule has 0 unspecified atom stereocenters. The van der Waals surface area contributed by atoms with Gasteiger partial charge in [-0.3, -0.25) is 9.36 Å². The number of pyridine rings is 1. The second-order valence-electron chi connectivity index (χ2n) is 9.39. The van der Waals surface area contributed by atoms with Crippen molar-refractivity contribution in [3.05, 3.63) is 52.9 Å². The zero-order valence-corrected chi connectivity index (χ0v) is 21.0. The van der Waals surface area contributed by atoms with E-state index in [9.17, 15) is 13.2 Å². The largest absolute Gasteiger partial charge is 0.492 e. The van der Waals surface area contributed by atoms with Gasteiger partial charge in [-0.25, -0.2) is 13.4 Å². The number of aromatic nitrogens is 3. The lowest BCUT2D eigenvalue weighted by Gasteiger charge is -2.31. The normalized spacial score (nSPS) is 18.0. The average molecular weight is 513 g/mol. The number of nitrogens with one attached hydrogen (secondary N) is 1. The van der Waals surface area contributed by atoms with Crippen LogP contribution in [0, 0.1) is 0 Å². The molecule has 2 aliphatic rings. The fourth-order valence-electron chi connectivity index (χ4n) is 5.10. The van der Waals surface area contributed by atoms with Gasteiger partial charge in [-0.1, -0.05) is 18.9 Å². The summed E-state index contributed by atoms with van der Waals surface area (Å²) in [4.78, 5) is 22.0. The first-order valence-corrected chi connectivity index (χ1v) is 14.0. The van der Waals surface area contributed by atoms with E-state index in [1.54, 1.807) is 42.6 Å². The van der Waals surface area contributed by atoms with Crippen molar-refractivity contribution in [1.29, 1.82) is 0 Å². The van der Waals surface area contributed by atoms with Crippen molar-refractivity contribution in [3.8, 4) is 5.75 Å². The summed E-state index contributed by atoms with van der Waals surface area (Å²) in [7, 11) is -3.63. The molecular formula is C25H32N6O4S. The maximum absolute atomic E-state index is 13.2. The standard InChI is InChI=1S/C25H32N6O4S/c26-12-15-35-21-6-3-7-22(16-21)36(33,34)30-13-10-19(11-14-30)28-25-27-17-18-8-9-23(32)31(24(18)29-25)20-4-1-2-5-20/h3,6-9,16-17,19-20H,1-2,4-5,10-15,26H2,(H,27,28,29). The van der Waals surface area contributed by atoms with E-state index in [0.717, 1.165) is 31.1 Å². The van der Waals surface area contributed by atoms with Gasteiger partial charge in [0.1, 0.15) is 18.0 Å². The third-order valence-electron chi connectivity index (χ3n) is 6.97. The molecule has 3 N–H and O–H groups in total. The van der Waals surface area contributed by atoms with Crippen molar-refractivity contribution in [1.82, 2.24) is 18.8 Å². The van der Waals surface area contributed by atoms with Gasteiger partial charge in [0.15, 0.2) is 0 Å². The predicted octanol–water partition coefficient (Wildman–Crippen LogP) is 2.51. The van der Waals surface area contributed by atoms with Gasteiger partial charge in [0.05, 0.1) is 4.90 Å². The first-order chi connectivity index (χ1) is 17.5. The molecule has 1 saturated heterocycles. The van der Waals surface area contributed by atoms with Crippen molar-refractivity contribution in [3.63, 3.8) is 0 Å². The highest BCUT2D eigenvalue weighted by atomic mass is 32.2. The summed E-state index contributed by atoms with van der Waals surface area (Å²) < 4.78 is 35.2. The number of rotatable bonds is 8. The minimum atomic E-state index is -3.63. The van der Waals surface area contributed by atoms with Crippen LogP contribution in [0.1, 0.15) is 44.6 Å². The summed E-state index contributed by atoms with van der Waals surface area (Å²) in [6.45, 7) is 1.45. The van der Waals surface area contributed by atoms with Crippen LogP contribution in [0.25, 0.3) is 11.0 Å². The van der Waals surface area contributed by atoms with Crippen LogP contribution >= 0.6 is 0 Å². The number of nitrogens with zero attached hydrogens (tertiary/aromatic N) is 4. The lowest BCUT2D eigenvalue weighted by molar-refractivity contribution is 0.323. The Bertz CT molecular complexity index is 1380. The van der Waals surface area contributed by atoms with E-state index < -0.39 is 10.0 Å². The third kappa shape index (κ3) is 5.09. The molecule has 1 saturated carbocycles. The molecule has 2 fully saturated rings. The molecule has 5 rings (SSSR count). The average Bonchev–Trinajstić information content (AvgIpc) is 3.42. The summed E-state index contributed by atoms with van der Waals surface area (Å²) in [6, 6.07) is 10.1. The van der Waals surface area contributed by atoms with E-state index in [0.29, 0.717) is 56.4 Å². The fourth-order valence-corrected chi connectivity index (χ4v) is 6.60. The van der Waals surface area contributed by atoms with Gasteiger partial charge in [0.2, 0.25) is 16.0 Å². The lowest BCUT2D eigenvalue weighted by Crippen LogP contribution is -2.42. The Hall–Kier alpha value is -3.02. The third-order valence-corrected chi connectivity index (χ3v) is 8.87. The van der Waals surface area contributed by atoms with Crippen molar-refractivity contribution in [2.75, 3.05) is 31.6 Å². The van der Waals surface area contributed by atoms with Gasteiger partial charge in [0, 0.05) is 55.4 Å². The zero-order valence-electron chi connectivity index (χ0n) is 20.2. The Morgan fingerprint density at radius 3 is 2.61 bits per heavy atom. The molecule has 1 aliphatic carbocycles. The first kappa shape index (κ1) is 24.7. The van der Waals surface area contributed by atoms with E-state index in [2.05, 4.69) is 10.3 Å². The highest BCUT2D eigenvalue weighted by Gasteiger charge is 2.30. The van der Waals surface area contributed by atoms with Crippen LogP contribution < -0.4 is 21.3 Å². The number of ether oxygens (including phenoxy) is 1. The molecule has 192 valence electrons. The number of piperidine rings is 1. The van der Waals surface area contributed by atoms with Gasteiger partial charge in [-0.05, 0) is 43.9 Å². The Morgan fingerprint density at radius 2 is 1.86 bits per heavy atom. The molecule has 1 aromatic carbocycles. The fraction of sp³-hybridized carbons (Fsp3) is 0.480. The minimum Gasteiger partial charge on any atom is -0.492 e. The number of hydrogen-bond donors (Lipinski definition) is 2. The van der Waals surface area contributed by atoms with E-state index >= 15 is 0 Å². The molecule has 3 heterocycles. The second kappa shape index (κ2) is 10.5. The van der Waals surface area contributed by atoms with E-state index in [1.807, 2.05) is 4.57 Å². The summed E-state index contributed by atoms with van der Waals surface area (Å²) in [5.41, 5.74) is 6.10. The Kier molecular flexibility index (Phi) is 7.22. The molecule has 1 aliphatic heterocycles. The predicted molar refractivity (Wildman–Crippen MR) is 138 cm³/mol. The highest BCUT2D eigenvalue weighted by Crippen LogP contribution is 2.30. The molecule has 36 heavy (non-hydrogen) atoms. The zero-order chi connectivity index (χ0) is 25.1.